The van der Waals surface area contributed by atoms with E-state index in [-0.39, 0.29) is 5.78 Å². The zero-order valence-electron chi connectivity index (χ0n) is 8.57. The molecule has 0 heterocycles. The van der Waals surface area contributed by atoms with E-state index < -0.39 is 10.3 Å². The van der Waals surface area contributed by atoms with Crippen molar-refractivity contribution in [3.8, 4) is 0 Å². The molecule has 0 amide bonds. The van der Waals surface area contributed by atoms with Crippen molar-refractivity contribution < 1.29 is 14.3 Å². The molecule has 16 heavy (non-hydrogen) atoms. The van der Waals surface area contributed by atoms with Crippen LogP contribution in [0.5, 0.6) is 0 Å². The van der Waals surface area contributed by atoms with Crippen molar-refractivity contribution in [1.82, 2.24) is 0 Å². The van der Waals surface area contributed by atoms with Gasteiger partial charge in [0.2, 0.25) is 4.32 Å². The summed E-state index contributed by atoms with van der Waals surface area (Å²) in [6.07, 6.45) is 3.08. The number of carbonyl (C=O) groups is 2. The third-order valence-electron chi connectivity index (χ3n) is 2.55. The van der Waals surface area contributed by atoms with Gasteiger partial charge < -0.3 is 4.74 Å². The van der Waals surface area contributed by atoms with Crippen LogP contribution in [0.4, 0.5) is 0 Å². The van der Waals surface area contributed by atoms with Crippen molar-refractivity contribution >= 4 is 33.8 Å². The summed E-state index contributed by atoms with van der Waals surface area (Å²) in [4.78, 5) is 23.6. The predicted molar refractivity (Wildman–Crippen MR) is 63.1 cm³/mol. The van der Waals surface area contributed by atoms with Gasteiger partial charge in [0.15, 0.2) is 5.78 Å². The van der Waals surface area contributed by atoms with Crippen molar-refractivity contribution in [1.29, 1.82) is 0 Å². The Morgan fingerprint density at radius 3 is 2.69 bits per heavy atom. The van der Waals surface area contributed by atoms with Crippen LogP contribution in [0, 0.1) is 0 Å². The van der Waals surface area contributed by atoms with Crippen molar-refractivity contribution in [2.75, 3.05) is 7.11 Å². The zero-order valence-corrected chi connectivity index (χ0v) is 10.2. The second kappa shape index (κ2) is 3.87. The molecule has 2 rings (SSSR count). The van der Waals surface area contributed by atoms with Crippen LogP contribution in [0.15, 0.2) is 30.3 Å². The van der Waals surface area contributed by atoms with E-state index in [1.807, 2.05) is 12.1 Å². The molecule has 1 aromatic carbocycles. The first kappa shape index (κ1) is 11.1. The maximum atomic E-state index is 11.8. The van der Waals surface area contributed by atoms with Crippen molar-refractivity contribution in [2.24, 2.45) is 0 Å². The Morgan fingerprint density at radius 2 is 2.00 bits per heavy atom. The van der Waals surface area contributed by atoms with Gasteiger partial charge in [0.1, 0.15) is 0 Å². The van der Waals surface area contributed by atoms with Gasteiger partial charge in [0.05, 0.1) is 7.11 Å². The summed E-state index contributed by atoms with van der Waals surface area (Å²) in [5, 5.41) is 0. The average molecular weight is 281 g/mol. The molecule has 1 atom stereocenters. The Morgan fingerprint density at radius 1 is 1.31 bits per heavy atom. The Hall–Kier alpha value is -1.42. The molecule has 1 aromatic rings. The van der Waals surface area contributed by atoms with Crippen LogP contribution in [-0.4, -0.2) is 18.9 Å². The highest BCUT2D eigenvalue weighted by atomic mass is 79.9. The third kappa shape index (κ3) is 1.41. The van der Waals surface area contributed by atoms with Gasteiger partial charge in [-0.1, -0.05) is 46.3 Å². The molecule has 0 saturated carbocycles. The molecule has 0 radical (unpaired) electrons. The Balaban J connectivity index is 2.66. The molecule has 0 unspecified atom stereocenters. The molecule has 0 aromatic heterocycles. The number of hydrogen-bond donors (Lipinski definition) is 0. The number of carbonyl (C=O) groups excluding carboxylic acids is 2. The minimum atomic E-state index is -1.40. The summed E-state index contributed by atoms with van der Waals surface area (Å²) in [7, 11) is 1.26. The summed E-state index contributed by atoms with van der Waals surface area (Å²) in [6, 6.07) is 7.22. The first-order valence-electron chi connectivity index (χ1n) is 4.70. The summed E-state index contributed by atoms with van der Waals surface area (Å²) < 4.78 is 3.28. The van der Waals surface area contributed by atoms with Crippen LogP contribution in [-0.2, 0) is 18.7 Å². The van der Waals surface area contributed by atoms with Crippen LogP contribution in [0.3, 0.4) is 0 Å². The highest BCUT2D eigenvalue weighted by Gasteiger charge is 2.47. The summed E-state index contributed by atoms with van der Waals surface area (Å²) in [5.41, 5.74) is 1.46. The summed E-state index contributed by atoms with van der Waals surface area (Å²) in [5.74, 6) is -0.924. The van der Waals surface area contributed by atoms with Gasteiger partial charge >= 0.3 is 5.97 Å². The number of ketones is 1. The molecule has 1 aliphatic carbocycles. The quantitative estimate of drug-likeness (QED) is 0.449. The van der Waals surface area contributed by atoms with Gasteiger partial charge in [-0.3, -0.25) is 4.79 Å². The lowest BCUT2D eigenvalue weighted by Crippen LogP contribution is -2.40. The number of benzene rings is 1. The number of halogens is 1. The standard InChI is InChI=1S/C12H9BrO3/c1-16-11(15)12(13)9-5-3-2-4-8(9)6-7-10(12)14/h2-7H,1H3/t12-/m1/s1. The number of ether oxygens (including phenoxy) is 1. The molecule has 0 saturated heterocycles. The SMILES string of the molecule is COC(=O)[C@]1(Br)C(=O)C=Cc2ccccc21. The summed E-state index contributed by atoms with van der Waals surface area (Å²) >= 11 is 3.21. The number of esters is 1. The largest absolute Gasteiger partial charge is 0.467 e. The minimum Gasteiger partial charge on any atom is -0.467 e. The number of fused-ring (bicyclic) bond motifs is 1. The molecule has 0 spiro atoms. The first-order chi connectivity index (χ1) is 7.60. The fourth-order valence-corrected chi connectivity index (χ4v) is 2.38. The van der Waals surface area contributed by atoms with E-state index in [4.69, 9.17) is 0 Å². The second-order valence-corrected chi connectivity index (χ2v) is 4.62. The van der Waals surface area contributed by atoms with Crippen molar-refractivity contribution in [2.45, 2.75) is 4.32 Å². The molecule has 0 fully saturated rings. The predicted octanol–water partition coefficient (Wildman–Crippen LogP) is 2.05. The maximum Gasteiger partial charge on any atom is 0.335 e. The maximum absolute atomic E-state index is 11.8. The van der Waals surface area contributed by atoms with Crippen LogP contribution in [0.25, 0.3) is 6.08 Å². The number of hydrogen-bond acceptors (Lipinski definition) is 3. The second-order valence-electron chi connectivity index (χ2n) is 3.43. The Labute approximate surface area is 101 Å². The smallest absolute Gasteiger partial charge is 0.335 e. The Kier molecular flexibility index (Phi) is 2.68. The van der Waals surface area contributed by atoms with E-state index in [1.54, 1.807) is 18.2 Å². The lowest BCUT2D eigenvalue weighted by Gasteiger charge is -2.26. The molecule has 0 N–H and O–H groups in total. The number of rotatable bonds is 1. The molecule has 82 valence electrons. The van der Waals surface area contributed by atoms with Gasteiger partial charge in [-0.2, -0.15) is 0 Å². The van der Waals surface area contributed by atoms with Crippen LogP contribution in [0.1, 0.15) is 11.1 Å². The number of alkyl halides is 1. The molecular weight excluding hydrogens is 272 g/mol. The van der Waals surface area contributed by atoms with Gasteiger partial charge in [0, 0.05) is 0 Å². The van der Waals surface area contributed by atoms with Crippen molar-refractivity contribution in [3.63, 3.8) is 0 Å². The van der Waals surface area contributed by atoms with Gasteiger partial charge in [-0.15, -0.1) is 0 Å². The number of methoxy groups -OCH3 is 1. The Bertz CT molecular complexity index is 493. The third-order valence-corrected chi connectivity index (χ3v) is 3.69. The molecule has 0 bridgehead atoms. The van der Waals surface area contributed by atoms with Gasteiger partial charge in [0.25, 0.3) is 0 Å². The van der Waals surface area contributed by atoms with E-state index in [9.17, 15) is 9.59 Å². The average Bonchev–Trinajstić information content (AvgIpc) is 2.33. The van der Waals surface area contributed by atoms with E-state index >= 15 is 0 Å². The van der Waals surface area contributed by atoms with E-state index in [0.717, 1.165) is 5.56 Å². The highest BCUT2D eigenvalue weighted by Crippen LogP contribution is 2.39. The monoisotopic (exact) mass is 280 g/mol. The topological polar surface area (TPSA) is 43.4 Å². The fraction of sp³-hybridized carbons (Fsp3) is 0.167. The zero-order chi connectivity index (χ0) is 11.8. The lowest BCUT2D eigenvalue weighted by atomic mass is 9.86. The first-order valence-corrected chi connectivity index (χ1v) is 5.49. The van der Waals surface area contributed by atoms with Gasteiger partial charge in [-0.05, 0) is 17.2 Å². The summed E-state index contributed by atoms with van der Waals surface area (Å²) in [6.45, 7) is 0. The normalized spacial score (nSPS) is 22.8. The molecule has 3 nitrogen and oxygen atoms in total. The molecular formula is C12H9BrO3. The van der Waals surface area contributed by atoms with E-state index in [0.29, 0.717) is 5.56 Å². The van der Waals surface area contributed by atoms with Crippen molar-refractivity contribution in [3.05, 3.63) is 41.5 Å². The lowest BCUT2D eigenvalue weighted by molar-refractivity contribution is -0.146. The molecule has 1 aliphatic rings. The molecule has 4 heteroatoms. The van der Waals surface area contributed by atoms with Crippen LogP contribution < -0.4 is 0 Å². The van der Waals surface area contributed by atoms with Gasteiger partial charge in [-0.25, -0.2) is 4.79 Å². The fourth-order valence-electron chi connectivity index (χ4n) is 1.72. The van der Waals surface area contributed by atoms with E-state index in [2.05, 4.69) is 20.7 Å². The number of allylic oxidation sites excluding steroid dienone is 1. The van der Waals surface area contributed by atoms with E-state index in [1.165, 1.54) is 13.2 Å². The minimum absolute atomic E-state index is 0.321. The molecule has 0 aliphatic heterocycles. The van der Waals surface area contributed by atoms with Crippen LogP contribution in [0.2, 0.25) is 0 Å². The van der Waals surface area contributed by atoms with Crippen LogP contribution >= 0.6 is 15.9 Å². The highest BCUT2D eigenvalue weighted by molar-refractivity contribution is 9.10.